The quantitative estimate of drug-likeness (QED) is 0.148. The minimum absolute atomic E-state index is 0.414. The van der Waals surface area contributed by atoms with E-state index in [1.165, 1.54) is 41.8 Å². The number of hydrogen-bond acceptors (Lipinski definition) is 4. The fourth-order valence-electron chi connectivity index (χ4n) is 6.47. The van der Waals surface area contributed by atoms with Crippen molar-refractivity contribution in [3.8, 4) is 0 Å². The van der Waals surface area contributed by atoms with Gasteiger partial charge in [0.1, 0.15) is 0 Å². The highest BCUT2D eigenvalue weighted by Crippen LogP contribution is 2.69. The number of benzene rings is 4. The highest BCUT2D eigenvalue weighted by Gasteiger charge is 2.54. The lowest BCUT2D eigenvalue weighted by Crippen LogP contribution is -2.41. The zero-order valence-corrected chi connectivity index (χ0v) is 27.3. The van der Waals surface area contributed by atoms with Gasteiger partial charge in [-0.05, 0) is 93.2 Å². The first kappa shape index (κ1) is 29.8. The summed E-state index contributed by atoms with van der Waals surface area (Å²) in [7, 11) is 0. The van der Waals surface area contributed by atoms with Gasteiger partial charge >= 0.3 is 0 Å². The van der Waals surface area contributed by atoms with Gasteiger partial charge in [-0.25, -0.2) is 0 Å². The zero-order valence-electron chi connectivity index (χ0n) is 24.0. The number of hydrogen-bond donors (Lipinski definition) is 0. The molecule has 1 aliphatic carbocycles. The molecular weight excluding hydrogens is 561 g/mol. The van der Waals surface area contributed by atoms with Crippen molar-refractivity contribution in [2.45, 2.75) is 70.9 Å². The van der Waals surface area contributed by atoms with Crippen molar-refractivity contribution < 1.29 is 0 Å². The molecule has 208 valence electrons. The Kier molecular flexibility index (Phi) is 10.7. The molecule has 40 heavy (non-hydrogen) atoms. The van der Waals surface area contributed by atoms with Crippen LogP contribution in [0.4, 0.5) is 0 Å². The molecule has 0 amide bonds. The van der Waals surface area contributed by atoms with Crippen LogP contribution in [0.15, 0.2) is 117 Å². The molecule has 0 N–H and O–H groups in total. The highest BCUT2D eigenvalue weighted by atomic mass is 32.2. The standard InChI is InChI=1S/C36H40S4/c1-5-37-29-21-13-9-17-25(29)33-34(26-18-10-14-22-30(26)38-6-2)36(28-20-12-16-24-32(28)40-8-4)35(33)27-19-11-15-23-31(27)39-7-3/h9-24,33-36H,5-8H2,1-4H3. The van der Waals surface area contributed by atoms with E-state index in [9.17, 15) is 0 Å². The van der Waals surface area contributed by atoms with E-state index in [4.69, 9.17) is 0 Å². The minimum atomic E-state index is 0.414. The van der Waals surface area contributed by atoms with Gasteiger partial charge in [0, 0.05) is 19.6 Å². The number of thioether (sulfide) groups is 4. The maximum Gasteiger partial charge on any atom is 0.0107 e. The maximum absolute atomic E-state index is 2.43. The lowest BCUT2D eigenvalue weighted by atomic mass is 9.49. The van der Waals surface area contributed by atoms with E-state index in [2.05, 4.69) is 125 Å². The Hall–Kier alpha value is -1.72. The minimum Gasteiger partial charge on any atom is -0.126 e. The molecule has 0 radical (unpaired) electrons. The molecule has 0 aromatic heterocycles. The summed E-state index contributed by atoms with van der Waals surface area (Å²) in [6.45, 7) is 9.11. The van der Waals surface area contributed by atoms with Crippen LogP contribution < -0.4 is 0 Å². The van der Waals surface area contributed by atoms with Crippen LogP contribution in [-0.4, -0.2) is 23.0 Å². The lowest BCUT2D eigenvalue weighted by molar-refractivity contribution is 0.218. The topological polar surface area (TPSA) is 0 Å². The zero-order chi connectivity index (χ0) is 27.9. The van der Waals surface area contributed by atoms with E-state index < -0.39 is 0 Å². The Bertz CT molecular complexity index is 1170. The predicted molar refractivity (Wildman–Crippen MR) is 182 cm³/mol. The monoisotopic (exact) mass is 600 g/mol. The van der Waals surface area contributed by atoms with Crippen molar-refractivity contribution in [3.05, 3.63) is 119 Å². The molecule has 4 heteroatoms. The molecule has 0 bridgehead atoms. The van der Waals surface area contributed by atoms with Crippen LogP contribution in [0.1, 0.15) is 73.6 Å². The summed E-state index contributed by atoms with van der Waals surface area (Å²) >= 11 is 7.99. The van der Waals surface area contributed by atoms with Gasteiger partial charge in [-0.3, -0.25) is 0 Å². The molecule has 1 saturated carbocycles. The molecule has 1 fully saturated rings. The Morgan fingerprint density at radius 1 is 0.350 bits per heavy atom. The van der Waals surface area contributed by atoms with Crippen molar-refractivity contribution in [1.82, 2.24) is 0 Å². The first-order chi connectivity index (χ1) is 19.7. The van der Waals surface area contributed by atoms with Crippen molar-refractivity contribution in [2.24, 2.45) is 0 Å². The summed E-state index contributed by atoms with van der Waals surface area (Å²) in [4.78, 5) is 5.78. The van der Waals surface area contributed by atoms with E-state index in [1.807, 2.05) is 47.0 Å². The molecule has 4 aromatic rings. The average molecular weight is 601 g/mol. The Morgan fingerprint density at radius 3 is 0.750 bits per heavy atom. The molecule has 4 aromatic carbocycles. The second-order valence-corrected chi connectivity index (χ2v) is 15.2. The Balaban J connectivity index is 1.78. The average Bonchev–Trinajstić information content (AvgIpc) is 2.97. The van der Waals surface area contributed by atoms with Gasteiger partial charge in [0.25, 0.3) is 0 Å². The molecule has 0 spiro atoms. The highest BCUT2D eigenvalue weighted by molar-refractivity contribution is 8.00. The van der Waals surface area contributed by atoms with Crippen LogP contribution in [0.25, 0.3) is 0 Å². The molecule has 0 atom stereocenters. The van der Waals surface area contributed by atoms with Crippen LogP contribution in [0.3, 0.4) is 0 Å². The van der Waals surface area contributed by atoms with Gasteiger partial charge in [0.05, 0.1) is 0 Å². The molecule has 0 aliphatic heterocycles. The van der Waals surface area contributed by atoms with Crippen LogP contribution in [0, 0.1) is 0 Å². The van der Waals surface area contributed by atoms with Gasteiger partial charge in [0.2, 0.25) is 0 Å². The smallest absolute Gasteiger partial charge is 0.0107 e. The second-order valence-electron chi connectivity index (χ2n) is 9.99. The summed E-state index contributed by atoms with van der Waals surface area (Å²) in [5.41, 5.74) is 6.09. The molecule has 0 heterocycles. The molecule has 0 unspecified atom stereocenters. The van der Waals surface area contributed by atoms with Crippen LogP contribution >= 0.6 is 47.0 Å². The Morgan fingerprint density at radius 2 is 0.550 bits per heavy atom. The van der Waals surface area contributed by atoms with Crippen LogP contribution in [0.5, 0.6) is 0 Å². The van der Waals surface area contributed by atoms with E-state index in [0.29, 0.717) is 23.7 Å². The van der Waals surface area contributed by atoms with Crippen LogP contribution in [0.2, 0.25) is 0 Å². The third-order valence-corrected chi connectivity index (χ3v) is 11.7. The largest absolute Gasteiger partial charge is 0.126 e. The first-order valence-corrected chi connectivity index (χ1v) is 18.5. The molecule has 5 rings (SSSR count). The van der Waals surface area contributed by atoms with Crippen molar-refractivity contribution in [3.63, 3.8) is 0 Å². The number of rotatable bonds is 12. The van der Waals surface area contributed by atoms with Gasteiger partial charge in [0.15, 0.2) is 0 Å². The Labute approximate surface area is 258 Å². The fraction of sp³-hybridized carbons (Fsp3) is 0.333. The van der Waals surface area contributed by atoms with E-state index >= 15 is 0 Å². The van der Waals surface area contributed by atoms with Gasteiger partial charge < -0.3 is 0 Å². The molecule has 0 saturated heterocycles. The summed E-state index contributed by atoms with van der Waals surface area (Å²) in [6.07, 6.45) is 0. The van der Waals surface area contributed by atoms with E-state index in [0.717, 1.165) is 23.0 Å². The third kappa shape index (κ3) is 6.07. The van der Waals surface area contributed by atoms with Gasteiger partial charge in [-0.15, -0.1) is 47.0 Å². The van der Waals surface area contributed by atoms with Gasteiger partial charge in [-0.2, -0.15) is 0 Å². The van der Waals surface area contributed by atoms with Crippen molar-refractivity contribution in [2.75, 3.05) is 23.0 Å². The van der Waals surface area contributed by atoms with Crippen molar-refractivity contribution >= 4 is 47.0 Å². The lowest BCUT2D eigenvalue weighted by Gasteiger charge is -2.55. The van der Waals surface area contributed by atoms with Gasteiger partial charge in [-0.1, -0.05) is 100 Å². The fourth-order valence-corrected chi connectivity index (χ4v) is 9.89. The normalized spacial score (nSPS) is 20.3. The maximum atomic E-state index is 2.43. The summed E-state index contributed by atoms with van der Waals surface area (Å²) in [6, 6.07) is 37.0. The molecular formula is C36H40S4. The van der Waals surface area contributed by atoms with E-state index in [-0.39, 0.29) is 0 Å². The van der Waals surface area contributed by atoms with E-state index in [1.54, 1.807) is 0 Å². The third-order valence-electron chi connectivity index (χ3n) is 7.86. The summed E-state index contributed by atoms with van der Waals surface area (Å²) in [5.74, 6) is 6.00. The molecule has 0 nitrogen and oxygen atoms in total. The summed E-state index contributed by atoms with van der Waals surface area (Å²) < 4.78 is 0. The SMILES string of the molecule is CCSc1ccccc1C1C(c2ccccc2SCC)C(c2ccccc2SCC)C1c1ccccc1SCC. The second kappa shape index (κ2) is 14.4. The van der Waals surface area contributed by atoms with Crippen LogP contribution in [-0.2, 0) is 0 Å². The molecule has 1 aliphatic rings. The summed E-state index contributed by atoms with van der Waals surface area (Å²) in [5, 5.41) is 0. The predicted octanol–water partition coefficient (Wildman–Crippen LogP) is 11.6. The first-order valence-electron chi connectivity index (χ1n) is 14.6. The van der Waals surface area contributed by atoms with Crippen molar-refractivity contribution in [1.29, 1.82) is 0 Å².